The first-order chi connectivity index (χ1) is 12.7. The zero-order valence-electron chi connectivity index (χ0n) is 15.2. The molecule has 0 aliphatic carbocycles. The molecular weight excluding hydrogens is 348 g/mol. The fourth-order valence-electron chi connectivity index (χ4n) is 4.04. The summed E-state index contributed by atoms with van der Waals surface area (Å²) in [6, 6.07) is 8.23. The Morgan fingerprint density at radius 3 is 2.73 bits per heavy atom. The van der Waals surface area contributed by atoms with E-state index < -0.39 is 0 Å². The normalized spacial score (nSPS) is 22.2. The van der Waals surface area contributed by atoms with Crippen molar-refractivity contribution < 1.29 is 14.3 Å². The van der Waals surface area contributed by atoms with Crippen molar-refractivity contribution in [2.45, 2.75) is 18.9 Å². The number of rotatable bonds is 4. The van der Waals surface area contributed by atoms with Crippen LogP contribution >= 0.6 is 11.3 Å². The van der Waals surface area contributed by atoms with Crippen molar-refractivity contribution in [2.75, 3.05) is 33.9 Å². The van der Waals surface area contributed by atoms with E-state index in [1.54, 1.807) is 25.6 Å². The standard InChI is InChI=1S/C20H24N2O3S/c1-24-16-10-13-6-8-22(20(23)14-5-7-21-12-14)19(18-4-3-9-26-18)15(13)11-17(16)25-2/h3-4,9-11,14,19,21H,5-8,12H2,1-2H3. The van der Waals surface area contributed by atoms with Gasteiger partial charge in [-0.05, 0) is 54.1 Å². The molecule has 138 valence electrons. The van der Waals surface area contributed by atoms with Crippen LogP contribution in [0.4, 0.5) is 0 Å². The highest BCUT2D eigenvalue weighted by molar-refractivity contribution is 7.10. The molecule has 1 saturated heterocycles. The average Bonchev–Trinajstić information content (AvgIpc) is 3.39. The molecule has 1 aromatic carbocycles. The third-order valence-corrected chi connectivity index (χ3v) is 6.30. The Balaban J connectivity index is 1.78. The molecule has 0 radical (unpaired) electrons. The van der Waals surface area contributed by atoms with E-state index in [4.69, 9.17) is 9.47 Å². The number of fused-ring (bicyclic) bond motifs is 1. The van der Waals surface area contributed by atoms with Gasteiger partial charge in [0.15, 0.2) is 11.5 Å². The quantitative estimate of drug-likeness (QED) is 0.897. The molecule has 1 aromatic heterocycles. The Morgan fingerprint density at radius 1 is 1.27 bits per heavy atom. The van der Waals surface area contributed by atoms with Crippen molar-refractivity contribution in [3.05, 3.63) is 45.6 Å². The van der Waals surface area contributed by atoms with E-state index in [1.165, 1.54) is 10.4 Å². The van der Waals surface area contributed by atoms with Crippen molar-refractivity contribution in [3.63, 3.8) is 0 Å². The smallest absolute Gasteiger partial charge is 0.227 e. The molecule has 26 heavy (non-hydrogen) atoms. The fraction of sp³-hybridized carbons (Fsp3) is 0.450. The van der Waals surface area contributed by atoms with Crippen LogP contribution in [0.3, 0.4) is 0 Å². The summed E-state index contributed by atoms with van der Waals surface area (Å²) in [6.07, 6.45) is 1.76. The van der Waals surface area contributed by atoms with Crippen molar-refractivity contribution in [3.8, 4) is 11.5 Å². The molecule has 2 unspecified atom stereocenters. The third kappa shape index (κ3) is 2.97. The first kappa shape index (κ1) is 17.4. The van der Waals surface area contributed by atoms with Gasteiger partial charge in [0.25, 0.3) is 0 Å². The van der Waals surface area contributed by atoms with E-state index in [1.807, 2.05) is 6.07 Å². The molecule has 1 amide bonds. The Morgan fingerprint density at radius 2 is 2.08 bits per heavy atom. The summed E-state index contributed by atoms with van der Waals surface area (Å²) in [6.45, 7) is 2.45. The van der Waals surface area contributed by atoms with Crippen molar-refractivity contribution >= 4 is 17.2 Å². The number of hydrogen-bond donors (Lipinski definition) is 1. The van der Waals surface area contributed by atoms with Gasteiger partial charge in [-0.15, -0.1) is 11.3 Å². The predicted octanol–water partition coefficient (Wildman–Crippen LogP) is 2.85. The molecule has 6 heteroatoms. The number of nitrogens with one attached hydrogen (secondary N) is 1. The van der Waals surface area contributed by atoms with Crippen molar-refractivity contribution in [1.29, 1.82) is 0 Å². The SMILES string of the molecule is COc1cc2c(cc1OC)C(c1cccs1)N(C(=O)C1CCNC1)CC2. The van der Waals surface area contributed by atoms with Crippen LogP contribution < -0.4 is 14.8 Å². The second kappa shape index (κ2) is 7.29. The predicted molar refractivity (Wildman–Crippen MR) is 102 cm³/mol. The highest BCUT2D eigenvalue weighted by atomic mass is 32.1. The number of benzene rings is 1. The second-order valence-electron chi connectivity index (χ2n) is 6.80. The number of ether oxygens (including phenoxy) is 2. The molecule has 1 fully saturated rings. The minimum absolute atomic E-state index is 0.0494. The van der Waals surface area contributed by atoms with Crippen LogP contribution in [0.1, 0.15) is 28.5 Å². The Kier molecular flexibility index (Phi) is 4.87. The largest absolute Gasteiger partial charge is 0.493 e. The van der Waals surface area contributed by atoms with E-state index in [-0.39, 0.29) is 17.9 Å². The molecule has 0 spiro atoms. The van der Waals surface area contributed by atoms with Gasteiger partial charge in [-0.25, -0.2) is 0 Å². The van der Waals surface area contributed by atoms with Crippen LogP contribution in [0.25, 0.3) is 0 Å². The van der Waals surface area contributed by atoms with Crippen LogP contribution in [0.15, 0.2) is 29.6 Å². The topological polar surface area (TPSA) is 50.8 Å². The lowest BCUT2D eigenvalue weighted by Crippen LogP contribution is -2.43. The van der Waals surface area contributed by atoms with Crippen LogP contribution in [-0.2, 0) is 11.2 Å². The number of nitrogens with zero attached hydrogens (tertiary/aromatic N) is 1. The number of methoxy groups -OCH3 is 2. The van der Waals surface area contributed by atoms with Gasteiger partial charge >= 0.3 is 0 Å². The number of hydrogen-bond acceptors (Lipinski definition) is 5. The Labute approximate surface area is 157 Å². The molecule has 4 rings (SSSR count). The maximum absolute atomic E-state index is 13.2. The lowest BCUT2D eigenvalue weighted by atomic mass is 9.89. The van der Waals surface area contributed by atoms with Gasteiger partial charge in [-0.1, -0.05) is 6.07 Å². The highest BCUT2D eigenvalue weighted by Crippen LogP contribution is 2.42. The van der Waals surface area contributed by atoms with Gasteiger partial charge in [0.05, 0.1) is 26.2 Å². The molecule has 2 aromatic rings. The summed E-state index contributed by atoms with van der Waals surface area (Å²) < 4.78 is 11.0. The van der Waals surface area contributed by atoms with Gasteiger partial charge in [0.1, 0.15) is 0 Å². The minimum Gasteiger partial charge on any atom is -0.493 e. The molecule has 2 aliphatic rings. The van der Waals surface area contributed by atoms with Gasteiger partial charge in [0, 0.05) is 18.0 Å². The Hall–Kier alpha value is -2.05. The second-order valence-corrected chi connectivity index (χ2v) is 7.77. The summed E-state index contributed by atoms with van der Waals surface area (Å²) in [5, 5.41) is 5.39. The third-order valence-electron chi connectivity index (χ3n) is 5.38. The summed E-state index contributed by atoms with van der Waals surface area (Å²) in [5.41, 5.74) is 2.38. The summed E-state index contributed by atoms with van der Waals surface area (Å²) in [7, 11) is 3.31. The van der Waals surface area contributed by atoms with E-state index in [2.05, 4.69) is 33.8 Å². The molecule has 2 aliphatic heterocycles. The first-order valence-electron chi connectivity index (χ1n) is 9.02. The molecule has 2 atom stereocenters. The van der Waals surface area contributed by atoms with Crippen LogP contribution in [-0.4, -0.2) is 44.7 Å². The molecule has 0 bridgehead atoms. The molecular formula is C20H24N2O3S. The van der Waals surface area contributed by atoms with Crippen LogP contribution in [0.2, 0.25) is 0 Å². The molecule has 1 N–H and O–H groups in total. The first-order valence-corrected chi connectivity index (χ1v) is 9.90. The van der Waals surface area contributed by atoms with Crippen LogP contribution in [0, 0.1) is 5.92 Å². The Bertz CT molecular complexity index is 785. The van der Waals surface area contributed by atoms with E-state index in [9.17, 15) is 4.79 Å². The minimum atomic E-state index is -0.0494. The monoisotopic (exact) mass is 372 g/mol. The highest BCUT2D eigenvalue weighted by Gasteiger charge is 2.37. The zero-order valence-corrected chi connectivity index (χ0v) is 16.0. The fourth-order valence-corrected chi connectivity index (χ4v) is 4.89. The van der Waals surface area contributed by atoms with Crippen molar-refractivity contribution in [1.82, 2.24) is 10.2 Å². The summed E-state index contributed by atoms with van der Waals surface area (Å²) in [5.74, 6) is 1.80. The number of carbonyl (C=O) groups excluding carboxylic acids is 1. The van der Waals surface area contributed by atoms with E-state index in [0.717, 1.165) is 43.8 Å². The molecule has 5 nitrogen and oxygen atoms in total. The number of thiophene rings is 1. The van der Waals surface area contributed by atoms with Gasteiger partial charge < -0.3 is 19.7 Å². The maximum atomic E-state index is 13.2. The number of carbonyl (C=O) groups is 1. The summed E-state index contributed by atoms with van der Waals surface area (Å²) >= 11 is 1.70. The molecule has 3 heterocycles. The molecule has 0 saturated carbocycles. The maximum Gasteiger partial charge on any atom is 0.227 e. The van der Waals surface area contributed by atoms with Gasteiger partial charge in [-0.2, -0.15) is 0 Å². The summed E-state index contributed by atoms with van der Waals surface area (Å²) in [4.78, 5) is 16.5. The zero-order chi connectivity index (χ0) is 18.1. The lowest BCUT2D eigenvalue weighted by Gasteiger charge is -2.38. The van der Waals surface area contributed by atoms with Crippen LogP contribution in [0.5, 0.6) is 11.5 Å². The van der Waals surface area contributed by atoms with E-state index in [0.29, 0.717) is 5.75 Å². The average molecular weight is 372 g/mol. The van der Waals surface area contributed by atoms with Gasteiger partial charge in [0.2, 0.25) is 5.91 Å². The van der Waals surface area contributed by atoms with Crippen molar-refractivity contribution in [2.24, 2.45) is 5.92 Å². The number of amides is 1. The lowest BCUT2D eigenvalue weighted by molar-refractivity contribution is -0.137. The van der Waals surface area contributed by atoms with Gasteiger partial charge in [-0.3, -0.25) is 4.79 Å². The van der Waals surface area contributed by atoms with E-state index >= 15 is 0 Å².